The largest absolute Gasteiger partial charge is 0.493 e. The Bertz CT molecular complexity index is 1690. The van der Waals surface area contributed by atoms with Gasteiger partial charge in [-0.15, -0.1) is 0 Å². The Morgan fingerprint density at radius 2 is 2.19 bits per heavy atom. The standard InChI is InChI=1S/C25H36N6O4S/c1-5-8-20-22-23(31(4)29-20)25(32)28-24(27-22)19-16-18(10-11-21(19)35-15-6-2)36(33,34)26-13-12-17-9-7-14-30(17)3/h10-11,16-17,26H,5-9,12-15H2,1-4H3,(H,27,28,32)/i3D3,5D2,8D2,13D. The molecule has 11 heteroatoms. The van der Waals surface area contributed by atoms with Crippen LogP contribution in [-0.4, -0.2) is 65.8 Å². The molecule has 1 saturated heterocycles. The van der Waals surface area contributed by atoms with Gasteiger partial charge >= 0.3 is 0 Å². The number of aromatic nitrogens is 4. The molecule has 1 aliphatic rings. The van der Waals surface area contributed by atoms with Crippen LogP contribution in [0.25, 0.3) is 22.4 Å². The minimum atomic E-state index is -4.32. The van der Waals surface area contributed by atoms with Gasteiger partial charge in [-0.25, -0.2) is 18.1 Å². The minimum Gasteiger partial charge on any atom is -0.493 e. The number of rotatable bonds is 11. The van der Waals surface area contributed by atoms with Crippen molar-refractivity contribution in [3.05, 3.63) is 34.2 Å². The van der Waals surface area contributed by atoms with E-state index in [-0.39, 0.29) is 46.1 Å². The van der Waals surface area contributed by atoms with E-state index in [0.29, 0.717) is 25.8 Å². The first-order valence-corrected chi connectivity index (χ1v) is 13.2. The molecule has 3 heterocycles. The molecule has 2 N–H and O–H groups in total. The summed E-state index contributed by atoms with van der Waals surface area (Å²) in [5.41, 5.74) is -1.36. The van der Waals surface area contributed by atoms with Crippen molar-refractivity contribution in [2.75, 3.05) is 26.6 Å². The van der Waals surface area contributed by atoms with Crippen LogP contribution in [0.15, 0.2) is 27.9 Å². The minimum absolute atomic E-state index is 0.0373. The van der Waals surface area contributed by atoms with E-state index in [9.17, 15) is 13.2 Å². The first kappa shape index (κ1) is 17.7. The molecule has 1 fully saturated rings. The quantitative estimate of drug-likeness (QED) is 0.395. The van der Waals surface area contributed by atoms with Crippen LogP contribution in [-0.2, 0) is 23.4 Å². The Balaban J connectivity index is 1.76. The maximum absolute atomic E-state index is 13.4. The van der Waals surface area contributed by atoms with Gasteiger partial charge < -0.3 is 14.6 Å². The molecule has 196 valence electrons. The maximum atomic E-state index is 13.4. The van der Waals surface area contributed by atoms with Crippen molar-refractivity contribution in [3.8, 4) is 17.1 Å². The summed E-state index contributed by atoms with van der Waals surface area (Å²) in [5, 5.41) is 4.07. The van der Waals surface area contributed by atoms with Gasteiger partial charge in [0.15, 0.2) is 5.52 Å². The number of benzene rings is 1. The lowest BCUT2D eigenvalue weighted by molar-refractivity contribution is 0.297. The van der Waals surface area contributed by atoms with Crippen molar-refractivity contribution < 1.29 is 24.1 Å². The number of ether oxygens (including phenoxy) is 1. The number of nitrogens with one attached hydrogen (secondary N) is 2. The van der Waals surface area contributed by atoms with Crippen LogP contribution in [0.5, 0.6) is 5.75 Å². The molecule has 1 aromatic carbocycles. The third-order valence-corrected chi connectivity index (χ3v) is 7.27. The van der Waals surface area contributed by atoms with Crippen molar-refractivity contribution in [2.45, 2.75) is 63.2 Å². The van der Waals surface area contributed by atoms with Gasteiger partial charge in [0.25, 0.3) is 5.56 Å². The summed E-state index contributed by atoms with van der Waals surface area (Å²) in [6, 6.07) is 3.37. The second-order valence-corrected chi connectivity index (χ2v) is 10.2. The SMILES string of the molecule is [2H]C(CC1CCCN1C([2H])([2H])[2H])NS(=O)(=O)c1ccc(OCCC)c(-c2nc3c(C([2H])([2H])C([2H])([2H])C)nn(C)c3c(=O)[nH]2)c1. The maximum Gasteiger partial charge on any atom is 0.277 e. The fourth-order valence-corrected chi connectivity index (χ4v) is 5.12. The van der Waals surface area contributed by atoms with Crippen molar-refractivity contribution >= 4 is 21.1 Å². The summed E-state index contributed by atoms with van der Waals surface area (Å²) in [6.07, 6.45) is -3.30. The zero-order valence-electron chi connectivity index (χ0n) is 28.5. The van der Waals surface area contributed by atoms with Gasteiger partial charge in [-0.3, -0.25) is 9.48 Å². The van der Waals surface area contributed by atoms with E-state index in [4.69, 9.17) is 15.7 Å². The number of fused-ring (bicyclic) bond motifs is 1. The molecule has 2 atom stereocenters. The lowest BCUT2D eigenvalue weighted by Crippen LogP contribution is -2.31. The fraction of sp³-hybridized carbons (Fsp3) is 0.560. The number of sulfonamides is 1. The Labute approximate surface area is 223 Å². The Morgan fingerprint density at radius 3 is 2.94 bits per heavy atom. The first-order valence-electron chi connectivity index (χ1n) is 15.8. The van der Waals surface area contributed by atoms with Crippen molar-refractivity contribution in [2.24, 2.45) is 7.05 Å². The van der Waals surface area contributed by atoms with Gasteiger partial charge in [0.2, 0.25) is 10.0 Å². The molecular formula is C25H36N6O4S. The van der Waals surface area contributed by atoms with Gasteiger partial charge in [-0.2, -0.15) is 5.10 Å². The highest BCUT2D eigenvalue weighted by Gasteiger charge is 2.23. The van der Waals surface area contributed by atoms with E-state index in [0.717, 1.165) is 11.6 Å². The monoisotopic (exact) mass is 524 g/mol. The van der Waals surface area contributed by atoms with Gasteiger partial charge in [-0.1, -0.05) is 20.2 Å². The van der Waals surface area contributed by atoms with E-state index < -0.39 is 53.6 Å². The zero-order chi connectivity index (χ0) is 32.8. The van der Waals surface area contributed by atoms with Crippen LogP contribution in [0.1, 0.15) is 62.6 Å². The topological polar surface area (TPSA) is 122 Å². The Kier molecular flexibility index (Phi) is 5.44. The predicted octanol–water partition coefficient (Wildman–Crippen LogP) is 2.83. The van der Waals surface area contributed by atoms with Crippen molar-refractivity contribution in [3.63, 3.8) is 0 Å². The zero-order valence-corrected chi connectivity index (χ0v) is 21.3. The smallest absolute Gasteiger partial charge is 0.277 e. The summed E-state index contributed by atoms with van der Waals surface area (Å²) in [6.45, 7) is -0.193. The second-order valence-electron chi connectivity index (χ2n) is 8.52. The number of hydrogen-bond acceptors (Lipinski definition) is 7. The molecular weight excluding hydrogens is 480 g/mol. The van der Waals surface area contributed by atoms with Gasteiger partial charge in [-0.05, 0) is 63.8 Å². The normalized spacial score (nSPS) is 22.0. The van der Waals surface area contributed by atoms with Crippen LogP contribution < -0.4 is 15.0 Å². The third-order valence-electron chi connectivity index (χ3n) is 5.92. The van der Waals surface area contributed by atoms with Crippen LogP contribution in [0.4, 0.5) is 0 Å². The van der Waals surface area contributed by atoms with E-state index >= 15 is 0 Å². The highest BCUT2D eigenvalue weighted by molar-refractivity contribution is 7.89. The molecule has 4 rings (SSSR count). The lowest BCUT2D eigenvalue weighted by Gasteiger charge is -2.19. The average molecular weight is 525 g/mol. The van der Waals surface area contributed by atoms with E-state index in [2.05, 4.69) is 19.8 Å². The molecule has 0 aliphatic carbocycles. The van der Waals surface area contributed by atoms with Crippen molar-refractivity contribution in [1.29, 1.82) is 0 Å². The Morgan fingerprint density at radius 1 is 1.36 bits per heavy atom. The summed E-state index contributed by atoms with van der Waals surface area (Å²) < 4.78 is 100. The lowest BCUT2D eigenvalue weighted by atomic mass is 10.1. The molecule has 0 bridgehead atoms. The van der Waals surface area contributed by atoms with E-state index in [1.54, 1.807) is 0 Å². The second kappa shape index (κ2) is 11.1. The number of nitrogens with zero attached hydrogens (tertiary/aromatic N) is 4. The highest BCUT2D eigenvalue weighted by atomic mass is 32.2. The van der Waals surface area contributed by atoms with Crippen LogP contribution in [0.2, 0.25) is 0 Å². The summed E-state index contributed by atoms with van der Waals surface area (Å²) in [5.74, 6) is 0.0170. The number of likely N-dealkylation sites (tertiary alicyclic amines) is 1. The van der Waals surface area contributed by atoms with Crippen molar-refractivity contribution in [1.82, 2.24) is 29.4 Å². The summed E-state index contributed by atoms with van der Waals surface area (Å²) in [4.78, 5) is 21.2. The molecule has 2 unspecified atom stereocenters. The molecule has 1 aliphatic heterocycles. The summed E-state index contributed by atoms with van der Waals surface area (Å²) >= 11 is 0. The molecule has 3 aromatic rings. The highest BCUT2D eigenvalue weighted by Crippen LogP contribution is 2.31. The predicted molar refractivity (Wildman–Crippen MR) is 140 cm³/mol. The molecule has 0 amide bonds. The van der Waals surface area contributed by atoms with Gasteiger partial charge in [0.05, 0.1) is 22.8 Å². The van der Waals surface area contributed by atoms with E-state index in [1.165, 1.54) is 30.1 Å². The van der Waals surface area contributed by atoms with Gasteiger partial charge in [0.1, 0.15) is 17.1 Å². The van der Waals surface area contributed by atoms with Crippen LogP contribution in [0, 0.1) is 0 Å². The molecule has 36 heavy (non-hydrogen) atoms. The van der Waals surface area contributed by atoms with Crippen LogP contribution in [0.3, 0.4) is 0 Å². The fourth-order valence-electron chi connectivity index (χ4n) is 4.15. The third kappa shape index (κ3) is 5.47. The average Bonchev–Trinajstić information content (AvgIpc) is 3.51. The van der Waals surface area contributed by atoms with Gasteiger partial charge in [0, 0.05) is 30.6 Å². The first-order chi connectivity index (χ1) is 20.3. The number of aryl methyl sites for hydroxylation is 2. The molecule has 0 saturated carbocycles. The number of H-pyrrole nitrogens is 1. The summed E-state index contributed by atoms with van der Waals surface area (Å²) in [7, 11) is -2.92. The molecule has 0 radical (unpaired) electrons. The molecule has 0 spiro atoms. The van der Waals surface area contributed by atoms with Crippen LogP contribution >= 0.6 is 0 Å². The Hall–Kier alpha value is -2.76. The molecule has 10 nitrogen and oxygen atoms in total. The number of hydrogen-bond donors (Lipinski definition) is 2. The molecule has 2 aromatic heterocycles. The number of aromatic amines is 1. The van der Waals surface area contributed by atoms with E-state index in [1.807, 2.05) is 6.92 Å².